The highest BCUT2D eigenvalue weighted by Crippen LogP contribution is 2.22. The van der Waals surface area contributed by atoms with Gasteiger partial charge in [0.1, 0.15) is 5.92 Å². The molecular weight excluding hydrogens is 405 g/mol. The van der Waals surface area contributed by atoms with Crippen molar-refractivity contribution >= 4 is 51.8 Å². The Morgan fingerprint density at radius 3 is 2.43 bits per heavy atom. The summed E-state index contributed by atoms with van der Waals surface area (Å²) >= 11 is 7.91. The number of rotatable bonds is 6. The van der Waals surface area contributed by atoms with Gasteiger partial charge in [-0.25, -0.2) is 0 Å². The Morgan fingerprint density at radius 2 is 1.95 bits per heavy atom. The van der Waals surface area contributed by atoms with E-state index in [1.165, 1.54) is 4.90 Å². The van der Waals surface area contributed by atoms with Gasteiger partial charge in [-0.3, -0.25) is 9.59 Å². The van der Waals surface area contributed by atoms with Gasteiger partial charge in [0.15, 0.2) is 0 Å². The maximum atomic E-state index is 12.5. The van der Waals surface area contributed by atoms with Crippen LogP contribution < -0.4 is 4.90 Å². The molecule has 0 heterocycles. The average Bonchev–Trinajstić information content (AvgIpc) is 2.44. The second-order valence-electron chi connectivity index (χ2n) is 4.39. The highest BCUT2D eigenvalue weighted by Gasteiger charge is 2.28. The molecule has 0 saturated heterocycles. The molecule has 1 aromatic carbocycles. The predicted octanol–water partition coefficient (Wildman–Crippen LogP) is 3.82. The maximum Gasteiger partial charge on any atom is 0.318 e. The van der Waals surface area contributed by atoms with Crippen LogP contribution in [0.15, 0.2) is 34.4 Å². The van der Waals surface area contributed by atoms with Crippen LogP contribution in [0, 0.1) is 5.92 Å². The fourth-order valence-corrected chi connectivity index (χ4v) is 2.16. The fraction of sp³-hybridized carbons (Fsp3) is 0.333. The molecule has 0 fully saturated rings. The second-order valence-corrected chi connectivity index (χ2v) is 6.35. The van der Waals surface area contributed by atoms with Crippen LogP contribution in [-0.2, 0) is 14.3 Å². The van der Waals surface area contributed by atoms with Crippen molar-refractivity contribution in [3.8, 4) is 0 Å². The van der Waals surface area contributed by atoms with Crippen LogP contribution in [0.5, 0.6) is 0 Å². The van der Waals surface area contributed by atoms with Gasteiger partial charge >= 0.3 is 5.97 Å². The zero-order chi connectivity index (χ0) is 16.0. The van der Waals surface area contributed by atoms with Crippen LogP contribution in [0.3, 0.4) is 0 Å². The number of benzene rings is 1. The summed E-state index contributed by atoms with van der Waals surface area (Å²) in [5, 5.41) is 0.581. The number of hydrogen-bond donors (Lipinski definition) is 0. The summed E-state index contributed by atoms with van der Waals surface area (Å²) in [6.45, 7) is 7.63. The number of nitrogens with zero attached hydrogens (tertiary/aromatic N) is 1. The van der Waals surface area contributed by atoms with Crippen molar-refractivity contribution < 1.29 is 14.3 Å². The van der Waals surface area contributed by atoms with Crippen LogP contribution in [0.4, 0.5) is 5.69 Å². The van der Waals surface area contributed by atoms with Crippen LogP contribution in [0.2, 0.25) is 5.02 Å². The van der Waals surface area contributed by atoms with Crippen molar-refractivity contribution in [2.75, 3.05) is 18.1 Å². The Balaban J connectivity index is 3.01. The molecule has 0 radical (unpaired) electrons. The molecule has 1 atom stereocenters. The van der Waals surface area contributed by atoms with E-state index in [2.05, 4.69) is 29.2 Å². The molecule has 4 nitrogen and oxygen atoms in total. The largest absolute Gasteiger partial charge is 0.465 e. The van der Waals surface area contributed by atoms with Crippen LogP contribution in [0.1, 0.15) is 13.8 Å². The van der Waals surface area contributed by atoms with Gasteiger partial charge < -0.3 is 9.64 Å². The van der Waals surface area contributed by atoms with Crippen molar-refractivity contribution in [3.05, 3.63) is 39.4 Å². The van der Waals surface area contributed by atoms with E-state index in [0.29, 0.717) is 17.3 Å². The zero-order valence-electron chi connectivity index (χ0n) is 11.9. The normalized spacial score (nSPS) is 11.6. The molecule has 0 spiro atoms. The van der Waals surface area contributed by atoms with Crippen LogP contribution >= 0.6 is 34.2 Å². The van der Waals surface area contributed by atoms with Gasteiger partial charge in [0.05, 0.1) is 13.2 Å². The van der Waals surface area contributed by atoms with Gasteiger partial charge in [-0.05, 0) is 60.7 Å². The van der Waals surface area contributed by atoms with E-state index in [0.717, 1.165) is 3.58 Å². The van der Waals surface area contributed by atoms with E-state index in [1.54, 1.807) is 38.1 Å². The van der Waals surface area contributed by atoms with E-state index >= 15 is 0 Å². The van der Waals surface area contributed by atoms with Crippen LogP contribution in [-0.4, -0.2) is 25.0 Å². The molecule has 0 aliphatic heterocycles. The number of hydrogen-bond acceptors (Lipinski definition) is 3. The van der Waals surface area contributed by atoms with Gasteiger partial charge in [0, 0.05) is 14.3 Å². The van der Waals surface area contributed by atoms with Gasteiger partial charge in [0.25, 0.3) is 0 Å². The summed E-state index contributed by atoms with van der Waals surface area (Å²) < 4.78 is 5.69. The second kappa shape index (κ2) is 8.38. The first-order chi connectivity index (χ1) is 9.86. The quantitative estimate of drug-likeness (QED) is 0.398. The Labute approximate surface area is 143 Å². The lowest BCUT2D eigenvalue weighted by Crippen LogP contribution is -2.39. The summed E-state index contributed by atoms with van der Waals surface area (Å²) in [7, 11) is 0. The van der Waals surface area contributed by atoms with E-state index in [9.17, 15) is 9.59 Å². The molecule has 0 saturated carbocycles. The molecule has 1 unspecified atom stereocenters. The summed E-state index contributed by atoms with van der Waals surface area (Å²) in [4.78, 5) is 25.8. The third-order valence-corrected chi connectivity index (χ3v) is 3.34. The number of amides is 1. The Kier molecular flexibility index (Phi) is 7.17. The molecule has 114 valence electrons. The molecular formula is C15H17ClINO3. The topological polar surface area (TPSA) is 46.6 Å². The monoisotopic (exact) mass is 421 g/mol. The number of carbonyl (C=O) groups excluding carboxylic acids is 2. The smallest absolute Gasteiger partial charge is 0.318 e. The number of halogens is 2. The molecule has 0 bridgehead atoms. The maximum absolute atomic E-state index is 12.5. The molecule has 0 N–H and O–H groups in total. The lowest BCUT2D eigenvalue weighted by atomic mass is 10.1. The van der Waals surface area contributed by atoms with E-state index in [4.69, 9.17) is 16.3 Å². The number of carbonyl (C=O) groups is 2. The fourth-order valence-electron chi connectivity index (χ4n) is 1.69. The van der Waals surface area contributed by atoms with Crippen LogP contribution in [0.25, 0.3) is 0 Å². The van der Waals surface area contributed by atoms with Crippen molar-refractivity contribution in [2.45, 2.75) is 13.8 Å². The minimum Gasteiger partial charge on any atom is -0.465 e. The average molecular weight is 422 g/mol. The predicted molar refractivity (Wildman–Crippen MR) is 92.8 cm³/mol. The number of esters is 1. The standard InChI is InChI=1S/C15H17ClINO3/c1-4-21-15(20)11(3)14(19)18(9-10(2)17)13-7-5-12(16)6-8-13/h5-8,11H,2,4,9H2,1,3H3. The molecule has 1 amide bonds. The minimum absolute atomic E-state index is 0.246. The van der Waals surface area contributed by atoms with E-state index in [1.807, 2.05) is 0 Å². The third kappa shape index (κ3) is 5.32. The molecule has 0 aromatic heterocycles. The first-order valence-electron chi connectivity index (χ1n) is 6.43. The van der Waals surface area contributed by atoms with Crippen molar-refractivity contribution in [1.82, 2.24) is 0 Å². The SMILES string of the molecule is C=C(I)CN(C(=O)C(C)C(=O)OCC)c1ccc(Cl)cc1. The summed E-state index contributed by atoms with van der Waals surface area (Å²) in [6, 6.07) is 6.86. The van der Waals surface area contributed by atoms with Crippen molar-refractivity contribution in [2.24, 2.45) is 5.92 Å². The molecule has 0 aliphatic carbocycles. The first kappa shape index (κ1) is 18.0. The number of ether oxygens (including phenoxy) is 1. The molecule has 21 heavy (non-hydrogen) atoms. The van der Waals surface area contributed by atoms with E-state index < -0.39 is 11.9 Å². The highest BCUT2D eigenvalue weighted by molar-refractivity contribution is 14.1. The van der Waals surface area contributed by atoms with Gasteiger partial charge in [0.2, 0.25) is 5.91 Å². The summed E-state index contributed by atoms with van der Waals surface area (Å²) in [6.07, 6.45) is 0. The molecule has 1 aromatic rings. The molecule has 1 rings (SSSR count). The summed E-state index contributed by atoms with van der Waals surface area (Å²) in [5.74, 6) is -1.72. The summed E-state index contributed by atoms with van der Waals surface area (Å²) in [5.41, 5.74) is 0.665. The van der Waals surface area contributed by atoms with Gasteiger partial charge in [-0.15, -0.1) is 0 Å². The van der Waals surface area contributed by atoms with Gasteiger partial charge in [-0.1, -0.05) is 18.2 Å². The van der Waals surface area contributed by atoms with E-state index in [-0.39, 0.29) is 12.5 Å². The van der Waals surface area contributed by atoms with Crippen molar-refractivity contribution in [3.63, 3.8) is 0 Å². The minimum atomic E-state index is -0.864. The van der Waals surface area contributed by atoms with Crippen molar-refractivity contribution in [1.29, 1.82) is 0 Å². The Hall–Kier alpha value is -1.08. The Morgan fingerprint density at radius 1 is 1.38 bits per heavy atom. The number of anilines is 1. The molecule has 0 aliphatic rings. The zero-order valence-corrected chi connectivity index (χ0v) is 14.8. The third-order valence-electron chi connectivity index (χ3n) is 2.74. The lowest BCUT2D eigenvalue weighted by molar-refractivity contribution is -0.150. The highest BCUT2D eigenvalue weighted by atomic mass is 127. The molecule has 6 heteroatoms. The Bertz CT molecular complexity index is 530. The lowest BCUT2D eigenvalue weighted by Gasteiger charge is -2.25. The first-order valence-corrected chi connectivity index (χ1v) is 7.89. The van der Waals surface area contributed by atoms with Gasteiger partial charge in [-0.2, -0.15) is 0 Å².